The minimum atomic E-state index is -0.303. The van der Waals surface area contributed by atoms with Crippen LogP contribution in [0.2, 0.25) is 0 Å². The van der Waals surface area contributed by atoms with E-state index < -0.39 is 0 Å². The maximum absolute atomic E-state index is 12.6. The third-order valence-corrected chi connectivity index (χ3v) is 5.18. The zero-order valence-corrected chi connectivity index (χ0v) is 18.8. The third kappa shape index (κ3) is 6.23. The molecule has 2 amide bonds. The second kappa shape index (κ2) is 11.2. The Labute approximate surface area is 197 Å². The number of nitrogens with zero attached hydrogens (tertiary/aromatic N) is 2. The summed E-state index contributed by atoms with van der Waals surface area (Å²) in [7, 11) is 1.56. The molecule has 1 saturated heterocycles. The molecule has 0 atom stereocenters. The highest BCUT2D eigenvalue weighted by atomic mass is 16.5. The summed E-state index contributed by atoms with van der Waals surface area (Å²) in [5.41, 5.74) is 1.69. The second-order valence-electron chi connectivity index (χ2n) is 7.55. The number of aromatic nitrogens is 1. The number of methoxy groups -OCH3 is 1. The van der Waals surface area contributed by atoms with Crippen molar-refractivity contribution in [3.63, 3.8) is 0 Å². The van der Waals surface area contributed by atoms with Gasteiger partial charge in [0.1, 0.15) is 17.3 Å². The van der Waals surface area contributed by atoms with Crippen LogP contribution in [-0.4, -0.2) is 56.8 Å². The standard InChI is InChI=1S/C25H26N4O5/c1-32-22-4-2-3-19(15-22)27-24(30)17-34-21-8-5-18(6-9-21)25(31)28-20-7-10-23(26-16-20)29-11-13-33-14-12-29/h2-10,15-16H,11-14,17H2,1H3,(H,27,30)(H,28,31). The van der Waals surface area contributed by atoms with E-state index in [2.05, 4.69) is 20.5 Å². The van der Waals surface area contributed by atoms with Gasteiger partial charge < -0.3 is 29.7 Å². The maximum Gasteiger partial charge on any atom is 0.262 e. The molecule has 1 aliphatic heterocycles. The molecule has 0 bridgehead atoms. The molecule has 0 radical (unpaired) electrons. The van der Waals surface area contributed by atoms with Crippen molar-refractivity contribution < 1.29 is 23.8 Å². The van der Waals surface area contributed by atoms with Crippen LogP contribution in [0.5, 0.6) is 11.5 Å². The van der Waals surface area contributed by atoms with Crippen molar-refractivity contribution in [2.24, 2.45) is 0 Å². The fourth-order valence-corrected chi connectivity index (χ4v) is 3.39. The van der Waals surface area contributed by atoms with Gasteiger partial charge in [0.05, 0.1) is 32.2 Å². The molecule has 0 aliphatic carbocycles. The van der Waals surface area contributed by atoms with Gasteiger partial charge in [-0.15, -0.1) is 0 Å². The summed E-state index contributed by atoms with van der Waals surface area (Å²) >= 11 is 0. The number of carbonyl (C=O) groups is 2. The van der Waals surface area contributed by atoms with Crippen LogP contribution in [0.4, 0.5) is 17.2 Å². The summed E-state index contributed by atoms with van der Waals surface area (Å²) in [6.07, 6.45) is 1.64. The van der Waals surface area contributed by atoms with Crippen LogP contribution in [0.25, 0.3) is 0 Å². The number of rotatable bonds is 8. The molecule has 0 unspecified atom stereocenters. The Morgan fingerprint density at radius 1 is 0.971 bits per heavy atom. The fourth-order valence-electron chi connectivity index (χ4n) is 3.39. The first-order chi connectivity index (χ1) is 16.6. The highest BCUT2D eigenvalue weighted by molar-refractivity contribution is 6.04. The Balaban J connectivity index is 1.26. The number of morpholine rings is 1. The molecule has 9 nitrogen and oxygen atoms in total. The van der Waals surface area contributed by atoms with Crippen molar-refractivity contribution in [3.8, 4) is 11.5 Å². The molecule has 176 valence electrons. The number of carbonyl (C=O) groups excluding carboxylic acids is 2. The largest absolute Gasteiger partial charge is 0.497 e. The van der Waals surface area contributed by atoms with Gasteiger partial charge in [-0.05, 0) is 48.5 Å². The van der Waals surface area contributed by atoms with E-state index >= 15 is 0 Å². The lowest BCUT2D eigenvalue weighted by Gasteiger charge is -2.27. The number of pyridine rings is 1. The Kier molecular flexibility index (Phi) is 7.56. The summed E-state index contributed by atoms with van der Waals surface area (Å²) in [6.45, 7) is 2.81. The predicted octanol–water partition coefficient (Wildman–Crippen LogP) is 3.20. The molecular formula is C25H26N4O5. The molecule has 2 N–H and O–H groups in total. The molecule has 4 rings (SSSR count). The topological polar surface area (TPSA) is 102 Å². The zero-order chi connectivity index (χ0) is 23.8. The third-order valence-electron chi connectivity index (χ3n) is 5.18. The van der Waals surface area contributed by atoms with E-state index in [1.54, 1.807) is 61.8 Å². The molecule has 3 aromatic rings. The van der Waals surface area contributed by atoms with Gasteiger partial charge in [-0.3, -0.25) is 9.59 Å². The maximum atomic E-state index is 12.6. The molecule has 0 spiro atoms. The normalized spacial score (nSPS) is 13.1. The predicted molar refractivity (Wildman–Crippen MR) is 129 cm³/mol. The summed E-state index contributed by atoms with van der Waals surface area (Å²) in [6, 6.07) is 17.3. The van der Waals surface area contributed by atoms with Gasteiger partial charge >= 0.3 is 0 Å². The number of hydrogen-bond donors (Lipinski definition) is 2. The Morgan fingerprint density at radius 3 is 2.47 bits per heavy atom. The Morgan fingerprint density at radius 2 is 1.76 bits per heavy atom. The molecule has 34 heavy (non-hydrogen) atoms. The number of nitrogens with one attached hydrogen (secondary N) is 2. The van der Waals surface area contributed by atoms with E-state index in [4.69, 9.17) is 14.2 Å². The van der Waals surface area contributed by atoms with Gasteiger partial charge in [-0.2, -0.15) is 0 Å². The highest BCUT2D eigenvalue weighted by Crippen LogP contribution is 2.19. The first-order valence-electron chi connectivity index (χ1n) is 10.9. The monoisotopic (exact) mass is 462 g/mol. The van der Waals surface area contributed by atoms with Crippen molar-refractivity contribution in [1.29, 1.82) is 0 Å². The van der Waals surface area contributed by atoms with Gasteiger partial charge in [0, 0.05) is 30.4 Å². The summed E-state index contributed by atoms with van der Waals surface area (Å²) in [5, 5.41) is 5.58. The minimum Gasteiger partial charge on any atom is -0.497 e. The average molecular weight is 463 g/mol. The van der Waals surface area contributed by atoms with Crippen LogP contribution < -0.4 is 25.0 Å². The van der Waals surface area contributed by atoms with Gasteiger partial charge in [-0.1, -0.05) is 6.07 Å². The lowest BCUT2D eigenvalue weighted by molar-refractivity contribution is -0.118. The van der Waals surface area contributed by atoms with Gasteiger partial charge in [0.15, 0.2) is 6.61 Å². The van der Waals surface area contributed by atoms with E-state index in [9.17, 15) is 9.59 Å². The lowest BCUT2D eigenvalue weighted by Crippen LogP contribution is -2.36. The first kappa shape index (κ1) is 23.1. The van der Waals surface area contributed by atoms with Gasteiger partial charge in [0.2, 0.25) is 0 Å². The smallest absolute Gasteiger partial charge is 0.262 e. The molecular weight excluding hydrogens is 436 g/mol. The number of amides is 2. The molecule has 0 saturated carbocycles. The number of anilines is 3. The van der Waals surface area contributed by atoms with Crippen LogP contribution in [0.1, 0.15) is 10.4 Å². The molecule has 2 heterocycles. The number of benzene rings is 2. The summed E-state index contributed by atoms with van der Waals surface area (Å²) in [4.78, 5) is 31.3. The van der Waals surface area contributed by atoms with Crippen LogP contribution in [0.15, 0.2) is 66.9 Å². The Hall–Kier alpha value is -4.11. The van der Waals surface area contributed by atoms with E-state index in [-0.39, 0.29) is 18.4 Å². The van der Waals surface area contributed by atoms with Gasteiger partial charge in [-0.25, -0.2) is 4.98 Å². The van der Waals surface area contributed by atoms with Crippen LogP contribution in [-0.2, 0) is 9.53 Å². The Bertz CT molecular complexity index is 1110. The van der Waals surface area contributed by atoms with E-state index in [0.717, 1.165) is 18.9 Å². The minimum absolute atomic E-state index is 0.163. The summed E-state index contributed by atoms with van der Waals surface area (Å²) in [5.74, 6) is 1.43. The fraction of sp³-hybridized carbons (Fsp3) is 0.240. The number of ether oxygens (including phenoxy) is 3. The van der Waals surface area contributed by atoms with E-state index in [1.165, 1.54) is 0 Å². The quantitative estimate of drug-likeness (QED) is 0.530. The molecule has 9 heteroatoms. The molecule has 1 aromatic heterocycles. The summed E-state index contributed by atoms with van der Waals surface area (Å²) < 4.78 is 16.0. The van der Waals surface area contributed by atoms with Crippen molar-refractivity contribution in [2.75, 3.05) is 55.6 Å². The van der Waals surface area contributed by atoms with Crippen LogP contribution in [0, 0.1) is 0 Å². The number of hydrogen-bond acceptors (Lipinski definition) is 7. The SMILES string of the molecule is COc1cccc(NC(=O)COc2ccc(C(=O)Nc3ccc(N4CCOCC4)nc3)cc2)c1. The zero-order valence-electron chi connectivity index (χ0n) is 18.8. The molecule has 2 aromatic carbocycles. The van der Waals surface area contributed by atoms with E-state index in [1.807, 2.05) is 12.1 Å². The lowest BCUT2D eigenvalue weighted by atomic mass is 10.2. The molecule has 1 fully saturated rings. The van der Waals surface area contributed by atoms with Crippen LogP contribution in [0.3, 0.4) is 0 Å². The first-order valence-corrected chi connectivity index (χ1v) is 10.9. The molecule has 1 aliphatic rings. The van der Waals surface area contributed by atoms with E-state index in [0.29, 0.717) is 41.7 Å². The average Bonchev–Trinajstić information content (AvgIpc) is 2.89. The van der Waals surface area contributed by atoms with Crippen LogP contribution >= 0.6 is 0 Å². The van der Waals surface area contributed by atoms with Crippen molar-refractivity contribution >= 4 is 29.0 Å². The highest BCUT2D eigenvalue weighted by Gasteiger charge is 2.13. The van der Waals surface area contributed by atoms with Crippen molar-refractivity contribution in [1.82, 2.24) is 4.98 Å². The second-order valence-corrected chi connectivity index (χ2v) is 7.55. The van der Waals surface area contributed by atoms with Crippen molar-refractivity contribution in [2.45, 2.75) is 0 Å². The van der Waals surface area contributed by atoms with Gasteiger partial charge in [0.25, 0.3) is 11.8 Å². The van der Waals surface area contributed by atoms with Crippen molar-refractivity contribution in [3.05, 3.63) is 72.4 Å².